The molecular weight excluding hydrogens is 230 g/mol. The monoisotopic (exact) mass is 253 g/mol. The molecule has 0 amide bonds. The molecule has 2 atom stereocenters. The zero-order chi connectivity index (χ0) is 12.8. The number of hydrogen-bond donors (Lipinski definition) is 1. The van der Waals surface area contributed by atoms with Crippen LogP contribution in [0.15, 0.2) is 24.3 Å². The van der Waals surface area contributed by atoms with Crippen molar-refractivity contribution in [1.29, 1.82) is 0 Å². The van der Waals surface area contributed by atoms with Crippen LogP contribution < -0.4 is 5.32 Å². The molecule has 1 aromatic rings. The van der Waals surface area contributed by atoms with Crippen LogP contribution in [0.3, 0.4) is 0 Å². The van der Waals surface area contributed by atoms with E-state index < -0.39 is 0 Å². The summed E-state index contributed by atoms with van der Waals surface area (Å²) < 4.78 is 0. The largest absolute Gasteiger partial charge is 0.308 e. The predicted octanol–water partition coefficient (Wildman–Crippen LogP) is 4.82. The molecule has 1 N–H and O–H groups in total. The fourth-order valence-corrected chi connectivity index (χ4v) is 2.31. The lowest BCUT2D eigenvalue weighted by Gasteiger charge is -2.21. The van der Waals surface area contributed by atoms with E-state index in [1.807, 2.05) is 18.2 Å². The quantitative estimate of drug-likeness (QED) is 0.767. The highest BCUT2D eigenvalue weighted by atomic mass is 35.5. The summed E-state index contributed by atoms with van der Waals surface area (Å²) in [4.78, 5) is 0. The first-order chi connectivity index (χ1) is 8.00. The summed E-state index contributed by atoms with van der Waals surface area (Å²) in [5, 5.41) is 4.46. The third-order valence-electron chi connectivity index (χ3n) is 3.08. The molecule has 17 heavy (non-hydrogen) atoms. The fourth-order valence-electron chi connectivity index (χ4n) is 2.01. The zero-order valence-electron chi connectivity index (χ0n) is 11.3. The van der Waals surface area contributed by atoms with Gasteiger partial charge in [-0.05, 0) is 44.2 Å². The first-order valence-corrected chi connectivity index (χ1v) is 6.89. The van der Waals surface area contributed by atoms with Gasteiger partial charge < -0.3 is 5.32 Å². The highest BCUT2D eigenvalue weighted by Gasteiger charge is 2.12. The van der Waals surface area contributed by atoms with E-state index in [4.69, 9.17) is 11.6 Å². The summed E-state index contributed by atoms with van der Waals surface area (Å²) in [6, 6.07) is 8.90. The van der Waals surface area contributed by atoms with Crippen molar-refractivity contribution in [2.45, 2.75) is 52.6 Å². The van der Waals surface area contributed by atoms with Crippen LogP contribution in [-0.2, 0) is 0 Å². The van der Waals surface area contributed by atoms with E-state index >= 15 is 0 Å². The molecule has 0 radical (unpaired) electrons. The molecule has 1 aromatic carbocycles. The Kier molecular flexibility index (Phi) is 6.01. The Morgan fingerprint density at radius 3 is 2.29 bits per heavy atom. The Balaban J connectivity index is 2.49. The molecular formula is C15H24ClN. The first-order valence-electron chi connectivity index (χ1n) is 6.51. The van der Waals surface area contributed by atoms with Crippen LogP contribution in [0.5, 0.6) is 0 Å². The summed E-state index contributed by atoms with van der Waals surface area (Å²) in [5.41, 5.74) is 1.19. The molecule has 0 aliphatic rings. The maximum atomic E-state index is 6.19. The van der Waals surface area contributed by atoms with Crippen molar-refractivity contribution in [2.24, 2.45) is 5.92 Å². The molecule has 1 rings (SSSR count). The van der Waals surface area contributed by atoms with E-state index in [1.165, 1.54) is 18.4 Å². The Hall–Kier alpha value is -0.530. The average Bonchev–Trinajstić information content (AvgIpc) is 2.26. The van der Waals surface area contributed by atoms with E-state index in [9.17, 15) is 0 Å². The minimum atomic E-state index is 0.311. The SMILES string of the molecule is CC(C)CCC(C)NC(C)c1ccccc1Cl. The van der Waals surface area contributed by atoms with Crippen molar-refractivity contribution in [3.05, 3.63) is 34.9 Å². The number of hydrogen-bond acceptors (Lipinski definition) is 1. The molecule has 0 bridgehead atoms. The third kappa shape index (κ3) is 5.10. The number of rotatable bonds is 6. The lowest BCUT2D eigenvalue weighted by Crippen LogP contribution is -2.29. The summed E-state index contributed by atoms with van der Waals surface area (Å²) in [5.74, 6) is 0.773. The summed E-state index contributed by atoms with van der Waals surface area (Å²) in [6.45, 7) is 8.96. The maximum absolute atomic E-state index is 6.19. The van der Waals surface area contributed by atoms with Crippen LogP contribution in [-0.4, -0.2) is 6.04 Å². The molecule has 2 heteroatoms. The van der Waals surface area contributed by atoms with E-state index in [0.29, 0.717) is 12.1 Å². The number of benzene rings is 1. The highest BCUT2D eigenvalue weighted by Crippen LogP contribution is 2.23. The van der Waals surface area contributed by atoms with E-state index in [-0.39, 0.29) is 0 Å². The smallest absolute Gasteiger partial charge is 0.0453 e. The molecule has 0 fully saturated rings. The first kappa shape index (κ1) is 14.5. The van der Waals surface area contributed by atoms with Gasteiger partial charge in [-0.25, -0.2) is 0 Å². The molecule has 96 valence electrons. The van der Waals surface area contributed by atoms with Crippen molar-refractivity contribution < 1.29 is 0 Å². The van der Waals surface area contributed by atoms with E-state index in [1.54, 1.807) is 0 Å². The van der Waals surface area contributed by atoms with E-state index in [0.717, 1.165) is 10.9 Å². The van der Waals surface area contributed by atoms with Crippen molar-refractivity contribution in [3.63, 3.8) is 0 Å². The molecule has 0 spiro atoms. The molecule has 0 saturated carbocycles. The standard InChI is InChI=1S/C15H24ClN/c1-11(2)9-10-12(3)17-13(4)14-7-5-6-8-15(14)16/h5-8,11-13,17H,9-10H2,1-4H3. The Labute approximate surface area is 111 Å². The van der Waals surface area contributed by atoms with Gasteiger partial charge in [-0.2, -0.15) is 0 Å². The van der Waals surface area contributed by atoms with Gasteiger partial charge in [-0.15, -0.1) is 0 Å². The van der Waals surface area contributed by atoms with Gasteiger partial charge in [-0.3, -0.25) is 0 Å². The third-order valence-corrected chi connectivity index (χ3v) is 3.43. The normalized spacial score (nSPS) is 14.9. The van der Waals surface area contributed by atoms with Crippen molar-refractivity contribution in [1.82, 2.24) is 5.32 Å². The summed E-state index contributed by atoms with van der Waals surface area (Å²) >= 11 is 6.19. The average molecular weight is 254 g/mol. The lowest BCUT2D eigenvalue weighted by atomic mass is 10.0. The molecule has 1 nitrogen and oxygen atoms in total. The molecule has 0 aromatic heterocycles. The van der Waals surface area contributed by atoms with Gasteiger partial charge in [-0.1, -0.05) is 43.6 Å². The second-order valence-corrected chi connectivity index (χ2v) is 5.69. The van der Waals surface area contributed by atoms with Gasteiger partial charge in [0.25, 0.3) is 0 Å². The molecule has 2 unspecified atom stereocenters. The van der Waals surface area contributed by atoms with Gasteiger partial charge in [0.05, 0.1) is 0 Å². The Morgan fingerprint density at radius 2 is 1.71 bits per heavy atom. The summed E-state index contributed by atoms with van der Waals surface area (Å²) in [6.07, 6.45) is 2.48. The Bertz CT molecular complexity index is 335. The molecule has 0 aliphatic carbocycles. The second-order valence-electron chi connectivity index (χ2n) is 5.28. The maximum Gasteiger partial charge on any atom is 0.0453 e. The second kappa shape index (κ2) is 7.03. The van der Waals surface area contributed by atoms with E-state index in [2.05, 4.69) is 39.1 Å². The minimum absolute atomic E-state index is 0.311. The fraction of sp³-hybridized carbons (Fsp3) is 0.600. The topological polar surface area (TPSA) is 12.0 Å². The molecule has 0 saturated heterocycles. The number of halogens is 1. The predicted molar refractivity (Wildman–Crippen MR) is 76.5 cm³/mol. The molecule has 0 heterocycles. The summed E-state index contributed by atoms with van der Waals surface area (Å²) in [7, 11) is 0. The van der Waals surface area contributed by atoms with Gasteiger partial charge in [0.15, 0.2) is 0 Å². The lowest BCUT2D eigenvalue weighted by molar-refractivity contribution is 0.417. The van der Waals surface area contributed by atoms with Crippen molar-refractivity contribution in [2.75, 3.05) is 0 Å². The van der Waals surface area contributed by atoms with Crippen LogP contribution in [0, 0.1) is 5.92 Å². The van der Waals surface area contributed by atoms with Gasteiger partial charge in [0.2, 0.25) is 0 Å². The zero-order valence-corrected chi connectivity index (χ0v) is 12.1. The van der Waals surface area contributed by atoms with Gasteiger partial charge in [0, 0.05) is 17.1 Å². The van der Waals surface area contributed by atoms with Gasteiger partial charge >= 0.3 is 0 Å². The Morgan fingerprint density at radius 1 is 1.06 bits per heavy atom. The molecule has 0 aliphatic heterocycles. The van der Waals surface area contributed by atoms with Crippen LogP contribution in [0.1, 0.15) is 52.1 Å². The van der Waals surface area contributed by atoms with Crippen LogP contribution in [0.25, 0.3) is 0 Å². The van der Waals surface area contributed by atoms with Crippen LogP contribution in [0.4, 0.5) is 0 Å². The van der Waals surface area contributed by atoms with Crippen molar-refractivity contribution >= 4 is 11.6 Å². The number of nitrogens with one attached hydrogen (secondary N) is 1. The van der Waals surface area contributed by atoms with Crippen molar-refractivity contribution in [3.8, 4) is 0 Å². The van der Waals surface area contributed by atoms with Crippen LogP contribution >= 0.6 is 11.6 Å². The van der Waals surface area contributed by atoms with Gasteiger partial charge in [0.1, 0.15) is 0 Å². The minimum Gasteiger partial charge on any atom is -0.308 e. The van der Waals surface area contributed by atoms with Crippen LogP contribution in [0.2, 0.25) is 5.02 Å². The highest BCUT2D eigenvalue weighted by molar-refractivity contribution is 6.31.